The smallest absolute Gasteiger partial charge is 0.321 e. The third-order valence-electron chi connectivity index (χ3n) is 2.31. The molecule has 5 heteroatoms. The monoisotopic (exact) mass is 197 g/mol. The van der Waals surface area contributed by atoms with Crippen LogP contribution in [0, 0.1) is 6.92 Å². The van der Waals surface area contributed by atoms with Crippen LogP contribution in [0.4, 0.5) is 6.01 Å². The fourth-order valence-corrected chi connectivity index (χ4v) is 1.58. The summed E-state index contributed by atoms with van der Waals surface area (Å²) in [6.45, 7) is 3.48. The van der Waals surface area contributed by atoms with Crippen molar-refractivity contribution >= 4 is 6.01 Å². The van der Waals surface area contributed by atoms with Gasteiger partial charge in [0.2, 0.25) is 0 Å². The van der Waals surface area contributed by atoms with Gasteiger partial charge in [0.05, 0.1) is 0 Å². The van der Waals surface area contributed by atoms with Crippen LogP contribution in [0.2, 0.25) is 0 Å². The van der Waals surface area contributed by atoms with Gasteiger partial charge in [0.25, 0.3) is 0 Å². The lowest BCUT2D eigenvalue weighted by Crippen LogP contribution is -2.19. The van der Waals surface area contributed by atoms with Gasteiger partial charge in [-0.05, 0) is 26.2 Å². The predicted octanol–water partition coefficient (Wildman–Crippen LogP) is 1.36. The van der Waals surface area contributed by atoms with Crippen LogP contribution >= 0.6 is 0 Å². The summed E-state index contributed by atoms with van der Waals surface area (Å²) in [6, 6.07) is 0.923. The minimum atomic E-state index is 0.400. The first kappa shape index (κ1) is 9.45. The molecule has 0 aliphatic carbocycles. The lowest BCUT2D eigenvalue weighted by molar-refractivity contribution is 0.144. The number of aromatic nitrogens is 2. The van der Waals surface area contributed by atoms with Crippen LogP contribution < -0.4 is 5.32 Å². The summed E-state index contributed by atoms with van der Waals surface area (Å²) >= 11 is 0. The number of hydrogen-bond donors (Lipinski definition) is 1. The van der Waals surface area contributed by atoms with Gasteiger partial charge in [0.15, 0.2) is 5.82 Å². The molecule has 1 aromatic rings. The molecule has 0 amide bonds. The zero-order chi connectivity index (χ0) is 9.80. The van der Waals surface area contributed by atoms with Crippen molar-refractivity contribution in [1.82, 2.24) is 10.1 Å². The van der Waals surface area contributed by atoms with E-state index in [1.165, 1.54) is 0 Å². The van der Waals surface area contributed by atoms with Crippen molar-refractivity contribution in [3.63, 3.8) is 0 Å². The van der Waals surface area contributed by atoms with Gasteiger partial charge >= 0.3 is 6.01 Å². The molecule has 0 saturated carbocycles. The first-order valence-electron chi connectivity index (χ1n) is 4.99. The summed E-state index contributed by atoms with van der Waals surface area (Å²) in [6.07, 6.45) is 3.19. The highest BCUT2D eigenvalue weighted by Gasteiger charge is 2.14. The number of rotatable bonds is 2. The molecule has 2 rings (SSSR count). The second kappa shape index (κ2) is 4.41. The zero-order valence-electron chi connectivity index (χ0n) is 8.32. The van der Waals surface area contributed by atoms with Crippen LogP contribution in [-0.4, -0.2) is 29.4 Å². The van der Waals surface area contributed by atoms with Gasteiger partial charge in [-0.3, -0.25) is 0 Å². The number of ether oxygens (including phenoxy) is 1. The molecule has 1 aliphatic heterocycles. The van der Waals surface area contributed by atoms with E-state index in [2.05, 4.69) is 15.5 Å². The quantitative estimate of drug-likeness (QED) is 0.775. The van der Waals surface area contributed by atoms with Crippen LogP contribution in [0.1, 0.15) is 25.1 Å². The van der Waals surface area contributed by atoms with Crippen LogP contribution in [0.15, 0.2) is 4.52 Å². The highest BCUT2D eigenvalue weighted by atomic mass is 16.5. The van der Waals surface area contributed by atoms with Crippen molar-refractivity contribution in [3.8, 4) is 0 Å². The average molecular weight is 197 g/mol. The molecule has 1 saturated heterocycles. The summed E-state index contributed by atoms with van der Waals surface area (Å²) in [5.74, 6) is 0.664. The van der Waals surface area contributed by atoms with Gasteiger partial charge in [0, 0.05) is 19.3 Å². The Bertz CT molecular complexity index is 279. The molecule has 1 N–H and O–H groups in total. The van der Waals surface area contributed by atoms with E-state index in [0.29, 0.717) is 17.9 Å². The average Bonchev–Trinajstić information content (AvgIpc) is 2.43. The summed E-state index contributed by atoms with van der Waals surface area (Å²) in [5, 5.41) is 6.95. The molecule has 14 heavy (non-hydrogen) atoms. The molecule has 1 unspecified atom stereocenters. The van der Waals surface area contributed by atoms with Crippen molar-refractivity contribution in [3.05, 3.63) is 5.82 Å². The van der Waals surface area contributed by atoms with E-state index in [1.807, 2.05) is 6.92 Å². The second-order valence-electron chi connectivity index (χ2n) is 3.53. The molecule has 0 bridgehead atoms. The predicted molar refractivity (Wildman–Crippen MR) is 51.1 cm³/mol. The Morgan fingerprint density at radius 2 is 2.29 bits per heavy atom. The molecule has 1 aliphatic rings. The van der Waals surface area contributed by atoms with Crippen LogP contribution in [-0.2, 0) is 4.74 Å². The Hall–Kier alpha value is -1.10. The van der Waals surface area contributed by atoms with Crippen LogP contribution in [0.25, 0.3) is 0 Å². The molecule has 0 spiro atoms. The third kappa shape index (κ3) is 2.45. The van der Waals surface area contributed by atoms with E-state index >= 15 is 0 Å². The van der Waals surface area contributed by atoms with Gasteiger partial charge in [-0.15, -0.1) is 0 Å². The molecule has 0 radical (unpaired) electrons. The van der Waals surface area contributed by atoms with E-state index in [-0.39, 0.29) is 0 Å². The number of aryl methyl sites for hydroxylation is 1. The van der Waals surface area contributed by atoms with Gasteiger partial charge in [-0.2, -0.15) is 4.98 Å². The fraction of sp³-hybridized carbons (Fsp3) is 0.778. The van der Waals surface area contributed by atoms with Crippen molar-refractivity contribution in [2.75, 3.05) is 18.5 Å². The van der Waals surface area contributed by atoms with Crippen LogP contribution in [0.5, 0.6) is 0 Å². The Morgan fingerprint density at radius 3 is 3.07 bits per heavy atom. The molecule has 5 nitrogen and oxygen atoms in total. The first-order valence-corrected chi connectivity index (χ1v) is 4.99. The van der Waals surface area contributed by atoms with Gasteiger partial charge in [-0.1, -0.05) is 5.16 Å². The maximum atomic E-state index is 5.36. The Morgan fingerprint density at radius 1 is 1.36 bits per heavy atom. The normalized spacial score (nSPS) is 23.1. The Labute approximate surface area is 82.8 Å². The largest absolute Gasteiger partial charge is 0.381 e. The Kier molecular flexibility index (Phi) is 2.98. The maximum absolute atomic E-state index is 5.36. The van der Waals surface area contributed by atoms with Crippen molar-refractivity contribution in [1.29, 1.82) is 0 Å². The lowest BCUT2D eigenvalue weighted by atomic mass is 10.1. The van der Waals surface area contributed by atoms with Crippen molar-refractivity contribution in [2.45, 2.75) is 32.2 Å². The van der Waals surface area contributed by atoms with Gasteiger partial charge in [0.1, 0.15) is 0 Å². The van der Waals surface area contributed by atoms with E-state index in [4.69, 9.17) is 9.26 Å². The minimum Gasteiger partial charge on any atom is -0.381 e. The highest BCUT2D eigenvalue weighted by Crippen LogP contribution is 2.13. The summed E-state index contributed by atoms with van der Waals surface area (Å²) in [5.41, 5.74) is 0. The van der Waals surface area contributed by atoms with Gasteiger partial charge < -0.3 is 14.6 Å². The molecule has 0 aromatic carbocycles. The summed E-state index contributed by atoms with van der Waals surface area (Å²) in [7, 11) is 0. The molecule has 2 heterocycles. The molecular weight excluding hydrogens is 182 g/mol. The number of nitrogens with one attached hydrogen (secondary N) is 1. The van der Waals surface area contributed by atoms with E-state index in [1.54, 1.807) is 0 Å². The lowest BCUT2D eigenvalue weighted by Gasteiger charge is -2.12. The highest BCUT2D eigenvalue weighted by molar-refractivity contribution is 5.20. The van der Waals surface area contributed by atoms with Crippen molar-refractivity contribution in [2.24, 2.45) is 0 Å². The zero-order valence-corrected chi connectivity index (χ0v) is 8.32. The minimum absolute atomic E-state index is 0.400. The fourth-order valence-electron chi connectivity index (χ4n) is 1.58. The molecular formula is C9H15N3O2. The van der Waals surface area contributed by atoms with Crippen molar-refractivity contribution < 1.29 is 9.26 Å². The number of hydrogen-bond acceptors (Lipinski definition) is 5. The van der Waals surface area contributed by atoms with E-state index in [9.17, 15) is 0 Å². The number of nitrogens with zero attached hydrogens (tertiary/aromatic N) is 2. The molecule has 1 aromatic heterocycles. The third-order valence-corrected chi connectivity index (χ3v) is 2.31. The number of anilines is 1. The van der Waals surface area contributed by atoms with Crippen LogP contribution in [0.3, 0.4) is 0 Å². The molecule has 78 valence electrons. The SMILES string of the molecule is Cc1noc(NC2CCCOCC2)n1. The van der Waals surface area contributed by atoms with E-state index in [0.717, 1.165) is 32.5 Å². The maximum Gasteiger partial charge on any atom is 0.321 e. The Balaban J connectivity index is 1.89. The molecule has 1 fully saturated rings. The second-order valence-corrected chi connectivity index (χ2v) is 3.53. The van der Waals surface area contributed by atoms with Gasteiger partial charge in [-0.25, -0.2) is 0 Å². The summed E-state index contributed by atoms with van der Waals surface area (Å²) < 4.78 is 10.4. The first-order chi connectivity index (χ1) is 6.84. The van der Waals surface area contributed by atoms with E-state index < -0.39 is 0 Å². The molecule has 1 atom stereocenters. The standard InChI is InChI=1S/C9H15N3O2/c1-7-10-9(14-12-7)11-8-3-2-5-13-6-4-8/h8H,2-6H2,1H3,(H,10,11,12). The topological polar surface area (TPSA) is 60.2 Å². The summed E-state index contributed by atoms with van der Waals surface area (Å²) in [4.78, 5) is 4.11.